The number of para-hydroxylation sites is 2. The number of hydrogen-bond acceptors (Lipinski definition) is 2. The van der Waals surface area contributed by atoms with E-state index in [2.05, 4.69) is 51.8 Å². The van der Waals surface area contributed by atoms with Gasteiger partial charge in [-0.2, -0.15) is 0 Å². The minimum absolute atomic E-state index is 0.930. The summed E-state index contributed by atoms with van der Waals surface area (Å²) in [5, 5.41) is 0. The van der Waals surface area contributed by atoms with Crippen molar-refractivity contribution < 1.29 is 4.74 Å². The fourth-order valence-corrected chi connectivity index (χ4v) is 3.73. The van der Waals surface area contributed by atoms with E-state index in [0.29, 0.717) is 0 Å². The molecule has 0 saturated heterocycles. The summed E-state index contributed by atoms with van der Waals surface area (Å²) in [7, 11) is 1.72. The Morgan fingerprint density at radius 1 is 1.00 bits per heavy atom. The second-order valence-corrected chi connectivity index (χ2v) is 6.05. The molecule has 5 rings (SSSR count). The lowest BCUT2D eigenvalue weighted by molar-refractivity contribution is 0.414. The quantitative estimate of drug-likeness (QED) is 0.525. The van der Waals surface area contributed by atoms with E-state index in [1.165, 1.54) is 22.4 Å². The third kappa shape index (κ3) is 1.73. The predicted molar refractivity (Wildman–Crippen MR) is 92.1 cm³/mol. The van der Waals surface area contributed by atoms with Crippen molar-refractivity contribution in [2.45, 2.75) is 12.8 Å². The maximum atomic E-state index is 5.39. The molecule has 1 aliphatic carbocycles. The molecule has 0 bridgehead atoms. The highest BCUT2D eigenvalue weighted by Crippen LogP contribution is 2.38. The molecular formula is C20H16N2O. The standard InChI is InChI=1S/C20H16N2O/c1-23-16-8-9-17-13(11-16)6-7-14-10-15-12-21-18-4-2-3-5-19(18)22(15)20(14)17/h2-5,8-12H,6-7H2,1H3. The lowest BCUT2D eigenvalue weighted by Crippen LogP contribution is -2.05. The monoisotopic (exact) mass is 300 g/mol. The summed E-state index contributed by atoms with van der Waals surface area (Å²) < 4.78 is 7.74. The number of benzene rings is 2. The van der Waals surface area contributed by atoms with Crippen LogP contribution < -0.4 is 4.74 Å². The van der Waals surface area contributed by atoms with E-state index in [9.17, 15) is 0 Å². The minimum atomic E-state index is 0.930. The largest absolute Gasteiger partial charge is 0.497 e. The molecular weight excluding hydrogens is 284 g/mol. The van der Waals surface area contributed by atoms with Gasteiger partial charge in [0, 0.05) is 5.56 Å². The summed E-state index contributed by atoms with van der Waals surface area (Å²) in [4.78, 5) is 4.60. The van der Waals surface area contributed by atoms with E-state index < -0.39 is 0 Å². The van der Waals surface area contributed by atoms with Crippen molar-refractivity contribution in [2.24, 2.45) is 0 Å². The van der Waals surface area contributed by atoms with Gasteiger partial charge in [-0.1, -0.05) is 12.1 Å². The Bertz CT molecular complexity index is 1060. The minimum Gasteiger partial charge on any atom is -0.497 e. The maximum Gasteiger partial charge on any atom is 0.119 e. The van der Waals surface area contributed by atoms with Gasteiger partial charge < -0.3 is 9.14 Å². The number of rotatable bonds is 1. The van der Waals surface area contributed by atoms with Gasteiger partial charge in [0.25, 0.3) is 0 Å². The smallest absolute Gasteiger partial charge is 0.119 e. The first-order chi connectivity index (χ1) is 11.3. The Morgan fingerprint density at radius 3 is 2.78 bits per heavy atom. The van der Waals surface area contributed by atoms with Crippen molar-refractivity contribution in [2.75, 3.05) is 7.11 Å². The molecule has 4 aromatic rings. The molecule has 3 heteroatoms. The average molecular weight is 300 g/mol. The molecule has 2 aromatic heterocycles. The number of hydrogen-bond donors (Lipinski definition) is 0. The number of ether oxygens (including phenoxy) is 1. The van der Waals surface area contributed by atoms with Gasteiger partial charge >= 0.3 is 0 Å². The number of fused-ring (bicyclic) bond motifs is 7. The van der Waals surface area contributed by atoms with Gasteiger partial charge in [-0.25, -0.2) is 0 Å². The van der Waals surface area contributed by atoms with Crippen LogP contribution in [0, 0.1) is 0 Å². The molecule has 0 fully saturated rings. The Kier molecular flexibility index (Phi) is 2.54. The molecule has 0 aliphatic heterocycles. The zero-order valence-corrected chi connectivity index (χ0v) is 12.9. The van der Waals surface area contributed by atoms with Crippen LogP contribution in [0.5, 0.6) is 5.75 Å². The molecule has 112 valence electrons. The van der Waals surface area contributed by atoms with Crippen molar-refractivity contribution in [3.63, 3.8) is 0 Å². The van der Waals surface area contributed by atoms with Gasteiger partial charge in [0.1, 0.15) is 5.75 Å². The SMILES string of the molecule is COc1ccc2c(c1)CCc1cc3cnc4ccccc4n3c1-2. The Morgan fingerprint density at radius 2 is 1.87 bits per heavy atom. The van der Waals surface area contributed by atoms with Crippen LogP contribution in [0.3, 0.4) is 0 Å². The Balaban J connectivity index is 1.91. The van der Waals surface area contributed by atoms with Crippen molar-refractivity contribution in [3.8, 4) is 17.0 Å². The molecule has 0 N–H and O–H groups in total. The summed E-state index contributed by atoms with van der Waals surface area (Å²) in [5.74, 6) is 0.930. The van der Waals surface area contributed by atoms with E-state index in [1.54, 1.807) is 7.11 Å². The van der Waals surface area contributed by atoms with Crippen LogP contribution in [-0.4, -0.2) is 16.5 Å². The van der Waals surface area contributed by atoms with Gasteiger partial charge in [0.05, 0.1) is 35.6 Å². The molecule has 0 spiro atoms. The van der Waals surface area contributed by atoms with Crippen molar-refractivity contribution in [1.82, 2.24) is 9.38 Å². The van der Waals surface area contributed by atoms with Crippen LogP contribution in [0.1, 0.15) is 11.1 Å². The highest BCUT2D eigenvalue weighted by Gasteiger charge is 2.21. The fourth-order valence-electron chi connectivity index (χ4n) is 3.73. The third-order valence-electron chi connectivity index (χ3n) is 4.80. The Hall–Kier alpha value is -2.81. The summed E-state index contributed by atoms with van der Waals surface area (Å²) in [6, 6.07) is 17.0. The molecule has 0 unspecified atom stereocenters. The summed E-state index contributed by atoms with van der Waals surface area (Å²) >= 11 is 0. The van der Waals surface area contributed by atoms with Gasteiger partial charge in [-0.3, -0.25) is 4.98 Å². The van der Waals surface area contributed by atoms with E-state index >= 15 is 0 Å². The number of methoxy groups -OCH3 is 1. The Labute approximate surface area is 134 Å². The second kappa shape index (κ2) is 4.59. The summed E-state index contributed by atoms with van der Waals surface area (Å²) in [6.45, 7) is 0. The van der Waals surface area contributed by atoms with Crippen LogP contribution >= 0.6 is 0 Å². The predicted octanol–water partition coefficient (Wildman–Crippen LogP) is 4.26. The van der Waals surface area contributed by atoms with Crippen molar-refractivity contribution in [3.05, 3.63) is 65.9 Å². The first-order valence-corrected chi connectivity index (χ1v) is 7.90. The normalized spacial score (nSPS) is 13.1. The van der Waals surface area contributed by atoms with Crippen LogP contribution in [-0.2, 0) is 12.8 Å². The van der Waals surface area contributed by atoms with Crippen molar-refractivity contribution in [1.29, 1.82) is 0 Å². The molecule has 3 nitrogen and oxygen atoms in total. The molecule has 0 atom stereocenters. The zero-order valence-electron chi connectivity index (χ0n) is 12.9. The molecule has 1 aliphatic rings. The fraction of sp³-hybridized carbons (Fsp3) is 0.150. The molecule has 0 saturated carbocycles. The topological polar surface area (TPSA) is 26.5 Å². The average Bonchev–Trinajstić information content (AvgIpc) is 3.00. The van der Waals surface area contributed by atoms with Crippen LogP contribution in [0.25, 0.3) is 27.8 Å². The van der Waals surface area contributed by atoms with Gasteiger partial charge in [0.2, 0.25) is 0 Å². The van der Waals surface area contributed by atoms with E-state index in [4.69, 9.17) is 4.74 Å². The highest BCUT2D eigenvalue weighted by atomic mass is 16.5. The van der Waals surface area contributed by atoms with Gasteiger partial charge in [0.15, 0.2) is 0 Å². The van der Waals surface area contributed by atoms with E-state index in [-0.39, 0.29) is 0 Å². The van der Waals surface area contributed by atoms with Crippen LogP contribution in [0.15, 0.2) is 54.7 Å². The summed E-state index contributed by atoms with van der Waals surface area (Å²) in [5.41, 5.74) is 8.73. The van der Waals surface area contributed by atoms with Gasteiger partial charge in [-0.15, -0.1) is 0 Å². The lowest BCUT2D eigenvalue weighted by Gasteiger charge is -2.19. The molecule has 23 heavy (non-hydrogen) atoms. The maximum absolute atomic E-state index is 5.39. The van der Waals surface area contributed by atoms with Crippen LogP contribution in [0.4, 0.5) is 0 Å². The number of nitrogens with zero attached hydrogens (tertiary/aromatic N) is 2. The first-order valence-electron chi connectivity index (χ1n) is 7.90. The number of aromatic nitrogens is 2. The molecule has 0 radical (unpaired) electrons. The highest BCUT2D eigenvalue weighted by molar-refractivity contribution is 5.85. The van der Waals surface area contributed by atoms with E-state index in [0.717, 1.165) is 35.1 Å². The zero-order chi connectivity index (χ0) is 15.4. The summed E-state index contributed by atoms with van der Waals surface area (Å²) in [6.07, 6.45) is 4.09. The number of aryl methyl sites for hydroxylation is 2. The molecule has 0 amide bonds. The van der Waals surface area contributed by atoms with E-state index in [1.807, 2.05) is 12.3 Å². The first kappa shape index (κ1) is 12.7. The van der Waals surface area contributed by atoms with Gasteiger partial charge in [-0.05, 0) is 60.4 Å². The molecule has 2 aromatic carbocycles. The third-order valence-corrected chi connectivity index (χ3v) is 4.80. The van der Waals surface area contributed by atoms with Crippen LogP contribution in [0.2, 0.25) is 0 Å². The lowest BCUT2D eigenvalue weighted by atomic mass is 9.90. The second-order valence-electron chi connectivity index (χ2n) is 6.05. The van der Waals surface area contributed by atoms with Crippen molar-refractivity contribution >= 4 is 16.6 Å². The molecule has 2 heterocycles.